The van der Waals surface area contributed by atoms with Crippen LogP contribution in [-0.4, -0.2) is 16.3 Å². The maximum atomic E-state index is 12.8. The first kappa shape index (κ1) is 16.3. The third kappa shape index (κ3) is 3.40. The smallest absolute Gasteiger partial charge is 0.393 e. The summed E-state index contributed by atoms with van der Waals surface area (Å²) < 4.78 is 43.5. The van der Waals surface area contributed by atoms with Gasteiger partial charge in [-0.2, -0.15) is 18.2 Å². The van der Waals surface area contributed by atoms with Crippen molar-refractivity contribution in [2.75, 3.05) is 5.73 Å². The van der Waals surface area contributed by atoms with Crippen LogP contribution < -0.4 is 5.73 Å². The molecule has 22 heavy (non-hydrogen) atoms. The molecule has 7 heteroatoms. The van der Waals surface area contributed by atoms with E-state index in [0.29, 0.717) is 17.1 Å². The van der Waals surface area contributed by atoms with Crippen molar-refractivity contribution in [1.29, 1.82) is 0 Å². The van der Waals surface area contributed by atoms with Crippen LogP contribution in [0.2, 0.25) is 0 Å². The lowest BCUT2D eigenvalue weighted by molar-refractivity contribution is -0.213. The van der Waals surface area contributed by atoms with E-state index in [4.69, 9.17) is 10.3 Å². The monoisotopic (exact) mass is 313 g/mol. The molecule has 2 aromatic rings. The molecule has 4 nitrogen and oxygen atoms in total. The van der Waals surface area contributed by atoms with Crippen molar-refractivity contribution in [3.63, 3.8) is 0 Å². The highest BCUT2D eigenvalue weighted by molar-refractivity contribution is 5.63. The SMILES string of the molecule is Cc1ccc(-c2noc(CCC(C)(C)C(F)(F)F)n2)cc1N. The van der Waals surface area contributed by atoms with Crippen LogP contribution in [0, 0.1) is 12.3 Å². The van der Waals surface area contributed by atoms with E-state index in [1.54, 1.807) is 12.1 Å². The molecule has 1 aromatic carbocycles. The molecular weight excluding hydrogens is 295 g/mol. The molecule has 2 N–H and O–H groups in total. The number of hydrogen-bond donors (Lipinski definition) is 1. The zero-order chi connectivity index (χ0) is 16.5. The summed E-state index contributed by atoms with van der Waals surface area (Å²) in [5.74, 6) is 0.512. The molecule has 0 saturated carbocycles. The summed E-state index contributed by atoms with van der Waals surface area (Å²) in [4.78, 5) is 4.14. The molecule has 2 rings (SSSR count). The quantitative estimate of drug-likeness (QED) is 0.861. The van der Waals surface area contributed by atoms with Gasteiger partial charge in [0, 0.05) is 17.7 Å². The van der Waals surface area contributed by atoms with Gasteiger partial charge >= 0.3 is 6.18 Å². The van der Waals surface area contributed by atoms with Gasteiger partial charge in [-0.3, -0.25) is 0 Å². The van der Waals surface area contributed by atoms with E-state index in [2.05, 4.69) is 10.1 Å². The van der Waals surface area contributed by atoms with Gasteiger partial charge in [0.15, 0.2) is 0 Å². The van der Waals surface area contributed by atoms with Gasteiger partial charge in [0.1, 0.15) is 0 Å². The molecule has 120 valence electrons. The summed E-state index contributed by atoms with van der Waals surface area (Å²) in [7, 11) is 0. The summed E-state index contributed by atoms with van der Waals surface area (Å²) in [6, 6.07) is 5.33. The number of nitrogens with zero attached hydrogens (tertiary/aromatic N) is 2. The van der Waals surface area contributed by atoms with Gasteiger partial charge < -0.3 is 10.3 Å². The highest BCUT2D eigenvalue weighted by Crippen LogP contribution is 2.40. The minimum Gasteiger partial charge on any atom is -0.398 e. The molecule has 0 saturated heterocycles. The summed E-state index contributed by atoms with van der Waals surface area (Å²) in [6.45, 7) is 4.19. The summed E-state index contributed by atoms with van der Waals surface area (Å²) in [5.41, 5.74) is 6.22. The molecule has 0 unspecified atom stereocenters. The number of alkyl halides is 3. The molecule has 1 aromatic heterocycles. The number of anilines is 1. The van der Waals surface area contributed by atoms with E-state index in [1.807, 2.05) is 13.0 Å². The van der Waals surface area contributed by atoms with Crippen LogP contribution in [0.4, 0.5) is 18.9 Å². The van der Waals surface area contributed by atoms with E-state index in [0.717, 1.165) is 19.4 Å². The Labute approximate surface area is 126 Å². The maximum absolute atomic E-state index is 12.8. The molecule has 1 heterocycles. The van der Waals surface area contributed by atoms with Crippen LogP contribution in [0.3, 0.4) is 0 Å². The highest BCUT2D eigenvalue weighted by Gasteiger charge is 2.46. The number of aromatic nitrogens is 2. The Balaban J connectivity index is 2.10. The van der Waals surface area contributed by atoms with Crippen molar-refractivity contribution < 1.29 is 17.7 Å². The topological polar surface area (TPSA) is 64.9 Å². The van der Waals surface area contributed by atoms with Crippen LogP contribution in [0.5, 0.6) is 0 Å². The van der Waals surface area contributed by atoms with Gasteiger partial charge in [0.05, 0.1) is 5.41 Å². The first-order valence-corrected chi connectivity index (χ1v) is 6.86. The molecule has 0 atom stereocenters. The van der Waals surface area contributed by atoms with Crippen molar-refractivity contribution >= 4 is 5.69 Å². The minimum atomic E-state index is -4.26. The van der Waals surface area contributed by atoms with Gasteiger partial charge in [-0.05, 0) is 25.0 Å². The van der Waals surface area contributed by atoms with Crippen molar-refractivity contribution in [3.8, 4) is 11.4 Å². The Kier molecular flexibility index (Phi) is 4.17. The van der Waals surface area contributed by atoms with Gasteiger partial charge in [-0.1, -0.05) is 31.1 Å². The largest absolute Gasteiger partial charge is 0.398 e. The Morgan fingerprint density at radius 1 is 1.23 bits per heavy atom. The van der Waals surface area contributed by atoms with Crippen molar-refractivity contribution in [1.82, 2.24) is 10.1 Å². The first-order valence-electron chi connectivity index (χ1n) is 6.86. The minimum absolute atomic E-state index is 0.0703. The van der Waals surface area contributed by atoms with Crippen molar-refractivity contribution in [3.05, 3.63) is 29.7 Å². The fraction of sp³-hybridized carbons (Fsp3) is 0.467. The summed E-state index contributed by atoms with van der Waals surface area (Å²) in [6.07, 6.45) is -4.31. The normalized spacial score (nSPS) is 12.6. The fourth-order valence-electron chi connectivity index (χ4n) is 1.81. The molecule has 0 aliphatic carbocycles. The summed E-state index contributed by atoms with van der Waals surface area (Å²) >= 11 is 0. The van der Waals surface area contributed by atoms with E-state index < -0.39 is 11.6 Å². The number of nitrogens with two attached hydrogens (primary N) is 1. The third-order valence-electron chi connectivity index (χ3n) is 3.74. The zero-order valence-corrected chi connectivity index (χ0v) is 12.7. The van der Waals surface area contributed by atoms with E-state index in [9.17, 15) is 13.2 Å². The number of halogens is 3. The lowest BCUT2D eigenvalue weighted by Gasteiger charge is -2.26. The lowest BCUT2D eigenvalue weighted by Crippen LogP contribution is -2.32. The van der Waals surface area contributed by atoms with Gasteiger partial charge in [0.2, 0.25) is 11.7 Å². The maximum Gasteiger partial charge on any atom is 0.393 e. The van der Waals surface area contributed by atoms with Crippen molar-refractivity contribution in [2.24, 2.45) is 5.41 Å². The second-order valence-corrected chi connectivity index (χ2v) is 5.96. The molecule has 0 radical (unpaired) electrons. The van der Waals surface area contributed by atoms with Crippen LogP contribution in [-0.2, 0) is 6.42 Å². The Hall–Kier alpha value is -2.05. The van der Waals surface area contributed by atoms with Gasteiger partial charge in [-0.25, -0.2) is 0 Å². The fourth-order valence-corrected chi connectivity index (χ4v) is 1.81. The highest BCUT2D eigenvalue weighted by atomic mass is 19.4. The van der Waals surface area contributed by atoms with Crippen molar-refractivity contribution in [2.45, 2.75) is 39.8 Å². The van der Waals surface area contributed by atoms with Crippen LogP contribution in [0.25, 0.3) is 11.4 Å². The van der Waals surface area contributed by atoms with Gasteiger partial charge in [0.25, 0.3) is 0 Å². The lowest BCUT2D eigenvalue weighted by atomic mass is 9.87. The van der Waals surface area contributed by atoms with E-state index >= 15 is 0 Å². The number of hydrogen-bond acceptors (Lipinski definition) is 4. The number of rotatable bonds is 4. The first-order chi connectivity index (χ1) is 10.1. The second kappa shape index (κ2) is 5.62. The average Bonchev–Trinajstić information content (AvgIpc) is 2.87. The van der Waals surface area contributed by atoms with Gasteiger partial charge in [-0.15, -0.1) is 0 Å². The Bertz CT molecular complexity index is 662. The molecule has 0 amide bonds. The zero-order valence-electron chi connectivity index (χ0n) is 12.7. The summed E-state index contributed by atoms with van der Waals surface area (Å²) in [5, 5.41) is 3.80. The second-order valence-electron chi connectivity index (χ2n) is 5.96. The molecule has 0 bridgehead atoms. The van der Waals surface area contributed by atoms with Crippen LogP contribution >= 0.6 is 0 Å². The third-order valence-corrected chi connectivity index (χ3v) is 3.74. The van der Waals surface area contributed by atoms with Crippen LogP contribution in [0.15, 0.2) is 22.7 Å². The number of nitrogen functional groups attached to an aromatic ring is 1. The molecule has 0 spiro atoms. The Morgan fingerprint density at radius 3 is 2.50 bits per heavy atom. The average molecular weight is 313 g/mol. The standard InChI is InChI=1S/C15H18F3N3O/c1-9-4-5-10(8-11(9)19)13-20-12(22-21-13)6-7-14(2,3)15(16,17)18/h4-5,8H,6-7,19H2,1-3H3. The van der Waals surface area contributed by atoms with E-state index in [1.165, 1.54) is 0 Å². The van der Waals surface area contributed by atoms with Crippen LogP contribution in [0.1, 0.15) is 31.7 Å². The predicted molar refractivity (Wildman–Crippen MR) is 77.0 cm³/mol. The molecule has 0 aliphatic rings. The van der Waals surface area contributed by atoms with E-state index in [-0.39, 0.29) is 18.7 Å². The molecular formula is C15H18F3N3O. The number of aryl methyl sites for hydroxylation is 2. The molecule has 0 fully saturated rings. The molecule has 0 aliphatic heterocycles. The predicted octanol–water partition coefficient (Wildman–Crippen LogP) is 4.15. The Morgan fingerprint density at radius 2 is 1.91 bits per heavy atom. The number of benzene rings is 1.